The van der Waals surface area contributed by atoms with Crippen LogP contribution in [-0.4, -0.2) is 43.4 Å². The monoisotopic (exact) mass is 385 g/mol. The van der Waals surface area contributed by atoms with Crippen molar-refractivity contribution >= 4 is 5.91 Å². The molecule has 1 amide bonds. The summed E-state index contributed by atoms with van der Waals surface area (Å²) in [6.45, 7) is 13.5. The van der Waals surface area contributed by atoms with Crippen molar-refractivity contribution < 1.29 is 4.79 Å². The lowest BCUT2D eigenvalue weighted by atomic mass is 9.92. The second-order valence-electron chi connectivity index (χ2n) is 9.70. The number of aromatic nitrogens is 4. The molecule has 3 rings (SSSR count). The molecule has 2 aromatic rings. The average molecular weight is 386 g/mol. The molecule has 0 saturated carbocycles. The summed E-state index contributed by atoms with van der Waals surface area (Å²) in [5.74, 6) is -0.0886. The summed E-state index contributed by atoms with van der Waals surface area (Å²) in [7, 11) is 0. The molecule has 0 radical (unpaired) electrons. The molecule has 152 valence electrons. The lowest BCUT2D eigenvalue weighted by Gasteiger charge is -2.25. The molecule has 7 heteroatoms. The van der Waals surface area contributed by atoms with Crippen LogP contribution < -0.4 is 5.56 Å². The van der Waals surface area contributed by atoms with Crippen LogP contribution in [0.2, 0.25) is 0 Å². The number of H-pyrrole nitrogens is 1. The predicted molar refractivity (Wildman–Crippen MR) is 109 cm³/mol. The standard InChI is InChI=1S/C21H31N5O2/c1-20(2,3)16-9-10-18(27)26(24-16)13-14-8-7-11-25(14)19(28)15-12-17(23-22-15)21(4,5)6/h9-10,12,14H,7-8,11,13H2,1-6H3,(H,22,23). The summed E-state index contributed by atoms with van der Waals surface area (Å²) in [6.07, 6.45) is 1.77. The van der Waals surface area contributed by atoms with E-state index in [1.807, 2.05) is 11.0 Å². The number of likely N-dealkylation sites (tertiary alicyclic amines) is 1. The Balaban J connectivity index is 1.81. The molecule has 0 aliphatic carbocycles. The summed E-state index contributed by atoms with van der Waals surface area (Å²) in [6, 6.07) is 5.14. The number of rotatable bonds is 3. The van der Waals surface area contributed by atoms with Crippen LogP contribution in [0.1, 0.15) is 76.3 Å². The van der Waals surface area contributed by atoms with Crippen LogP contribution in [-0.2, 0) is 17.4 Å². The van der Waals surface area contributed by atoms with E-state index in [2.05, 4.69) is 56.8 Å². The Bertz CT molecular complexity index is 914. The predicted octanol–water partition coefficient (Wildman–Crippen LogP) is 2.87. The van der Waals surface area contributed by atoms with Crippen molar-refractivity contribution in [1.82, 2.24) is 24.9 Å². The lowest BCUT2D eigenvalue weighted by molar-refractivity contribution is 0.0714. The van der Waals surface area contributed by atoms with Crippen LogP contribution in [0.3, 0.4) is 0 Å². The molecule has 1 fully saturated rings. The first-order chi connectivity index (χ1) is 13.0. The van der Waals surface area contributed by atoms with Crippen molar-refractivity contribution in [2.45, 2.75) is 77.8 Å². The summed E-state index contributed by atoms with van der Waals surface area (Å²) < 4.78 is 1.50. The minimum absolute atomic E-state index is 0.0531. The molecule has 1 unspecified atom stereocenters. The van der Waals surface area contributed by atoms with Gasteiger partial charge in [-0.15, -0.1) is 0 Å². The van der Waals surface area contributed by atoms with Crippen LogP contribution in [0, 0.1) is 0 Å². The Morgan fingerprint density at radius 2 is 1.89 bits per heavy atom. The quantitative estimate of drug-likeness (QED) is 0.880. The molecule has 1 saturated heterocycles. The summed E-state index contributed by atoms with van der Waals surface area (Å²) >= 11 is 0. The zero-order chi connectivity index (χ0) is 20.7. The van der Waals surface area contributed by atoms with Gasteiger partial charge in [0.05, 0.1) is 18.3 Å². The van der Waals surface area contributed by atoms with Crippen molar-refractivity contribution in [3.8, 4) is 0 Å². The number of nitrogens with zero attached hydrogens (tertiary/aromatic N) is 4. The van der Waals surface area contributed by atoms with Gasteiger partial charge < -0.3 is 4.90 Å². The van der Waals surface area contributed by atoms with Gasteiger partial charge in [-0.25, -0.2) is 4.68 Å². The van der Waals surface area contributed by atoms with Crippen LogP contribution in [0.15, 0.2) is 23.0 Å². The molecule has 0 bridgehead atoms. The van der Waals surface area contributed by atoms with E-state index in [9.17, 15) is 9.59 Å². The Morgan fingerprint density at radius 1 is 1.18 bits per heavy atom. The lowest BCUT2D eigenvalue weighted by Crippen LogP contribution is -2.41. The fourth-order valence-electron chi connectivity index (χ4n) is 3.43. The largest absolute Gasteiger partial charge is 0.332 e. The molecule has 2 aromatic heterocycles. The van der Waals surface area contributed by atoms with Gasteiger partial charge in [0, 0.05) is 29.1 Å². The van der Waals surface area contributed by atoms with Crippen molar-refractivity contribution in [2.24, 2.45) is 0 Å². The van der Waals surface area contributed by atoms with Gasteiger partial charge in [0.1, 0.15) is 5.69 Å². The summed E-state index contributed by atoms with van der Waals surface area (Å²) in [5.41, 5.74) is 1.86. The van der Waals surface area contributed by atoms with E-state index in [0.29, 0.717) is 18.8 Å². The Morgan fingerprint density at radius 3 is 2.50 bits per heavy atom. The van der Waals surface area contributed by atoms with Crippen LogP contribution in [0.4, 0.5) is 0 Å². The highest BCUT2D eigenvalue weighted by Gasteiger charge is 2.32. The molecule has 7 nitrogen and oxygen atoms in total. The van der Waals surface area contributed by atoms with Gasteiger partial charge in [-0.3, -0.25) is 14.7 Å². The van der Waals surface area contributed by atoms with E-state index < -0.39 is 0 Å². The summed E-state index contributed by atoms with van der Waals surface area (Å²) in [4.78, 5) is 27.2. The van der Waals surface area contributed by atoms with Gasteiger partial charge in [0.15, 0.2) is 0 Å². The maximum Gasteiger partial charge on any atom is 0.274 e. The first kappa shape index (κ1) is 20.3. The third-order valence-electron chi connectivity index (χ3n) is 5.26. The molecule has 1 N–H and O–H groups in total. The maximum absolute atomic E-state index is 13.0. The van der Waals surface area contributed by atoms with Gasteiger partial charge in [0.2, 0.25) is 0 Å². The average Bonchev–Trinajstić information content (AvgIpc) is 3.24. The molecule has 1 aliphatic rings. The second-order valence-corrected chi connectivity index (χ2v) is 9.70. The molecular formula is C21H31N5O2. The van der Waals surface area contributed by atoms with Crippen molar-refractivity contribution in [3.63, 3.8) is 0 Å². The van der Waals surface area contributed by atoms with Gasteiger partial charge >= 0.3 is 0 Å². The molecule has 0 spiro atoms. The molecule has 0 aromatic carbocycles. The highest BCUT2D eigenvalue weighted by Crippen LogP contribution is 2.24. The number of amides is 1. The molecule has 28 heavy (non-hydrogen) atoms. The van der Waals surface area contributed by atoms with E-state index in [0.717, 1.165) is 24.2 Å². The van der Waals surface area contributed by atoms with Gasteiger partial charge in [-0.1, -0.05) is 41.5 Å². The van der Waals surface area contributed by atoms with Gasteiger partial charge in [-0.2, -0.15) is 10.2 Å². The number of nitrogens with one attached hydrogen (secondary N) is 1. The SMILES string of the molecule is CC(C)(C)c1ccc(=O)n(CC2CCCN2C(=O)c2cc(C(C)(C)C)[nH]n2)n1. The highest BCUT2D eigenvalue weighted by molar-refractivity contribution is 5.92. The molecule has 1 atom stereocenters. The van der Waals surface area contributed by atoms with Crippen molar-refractivity contribution in [3.05, 3.63) is 45.6 Å². The number of hydrogen-bond acceptors (Lipinski definition) is 4. The number of carbonyl (C=O) groups excluding carboxylic acids is 1. The minimum Gasteiger partial charge on any atom is -0.332 e. The first-order valence-electron chi connectivity index (χ1n) is 9.92. The van der Waals surface area contributed by atoms with Crippen LogP contribution in [0.5, 0.6) is 0 Å². The van der Waals surface area contributed by atoms with Crippen molar-refractivity contribution in [1.29, 1.82) is 0 Å². The molecule has 3 heterocycles. The fourth-order valence-corrected chi connectivity index (χ4v) is 3.43. The van der Waals surface area contributed by atoms with Crippen LogP contribution >= 0.6 is 0 Å². The van der Waals surface area contributed by atoms with E-state index >= 15 is 0 Å². The first-order valence-corrected chi connectivity index (χ1v) is 9.92. The Kier molecular flexibility index (Phi) is 5.21. The Labute approximate surface area is 166 Å². The smallest absolute Gasteiger partial charge is 0.274 e. The molecule has 1 aliphatic heterocycles. The number of hydrogen-bond donors (Lipinski definition) is 1. The second kappa shape index (κ2) is 7.18. The maximum atomic E-state index is 13.0. The van der Waals surface area contributed by atoms with Gasteiger partial charge in [0.25, 0.3) is 11.5 Å². The van der Waals surface area contributed by atoms with Gasteiger partial charge in [-0.05, 0) is 25.0 Å². The summed E-state index contributed by atoms with van der Waals surface area (Å²) in [5, 5.41) is 11.8. The third kappa shape index (κ3) is 4.18. The topological polar surface area (TPSA) is 83.9 Å². The highest BCUT2D eigenvalue weighted by atomic mass is 16.2. The van der Waals surface area contributed by atoms with E-state index in [4.69, 9.17) is 0 Å². The Hall–Kier alpha value is -2.44. The van der Waals surface area contributed by atoms with E-state index in [1.165, 1.54) is 4.68 Å². The van der Waals surface area contributed by atoms with Crippen LogP contribution in [0.25, 0.3) is 0 Å². The van der Waals surface area contributed by atoms with E-state index in [1.54, 1.807) is 12.1 Å². The third-order valence-corrected chi connectivity index (χ3v) is 5.26. The van der Waals surface area contributed by atoms with Crippen molar-refractivity contribution in [2.75, 3.05) is 6.54 Å². The number of carbonyl (C=O) groups is 1. The zero-order valence-corrected chi connectivity index (χ0v) is 17.7. The normalized spacial score (nSPS) is 17.9. The zero-order valence-electron chi connectivity index (χ0n) is 17.7. The fraction of sp³-hybridized carbons (Fsp3) is 0.619. The molecular weight excluding hydrogens is 354 g/mol. The van der Waals surface area contributed by atoms with E-state index in [-0.39, 0.29) is 28.3 Å². The number of aromatic amines is 1. The minimum atomic E-state index is -0.140.